The summed E-state index contributed by atoms with van der Waals surface area (Å²) in [7, 11) is 0. The summed E-state index contributed by atoms with van der Waals surface area (Å²) < 4.78 is 58.3. The first-order valence-electron chi connectivity index (χ1n) is 7.45. The van der Waals surface area contributed by atoms with Crippen molar-refractivity contribution in [1.29, 1.82) is 0 Å². The molecule has 0 aliphatic heterocycles. The molecule has 2 rings (SSSR count). The second kappa shape index (κ2) is 7.64. The minimum absolute atomic E-state index is 0.110. The monoisotopic (exact) mass is 361 g/mol. The van der Waals surface area contributed by atoms with Gasteiger partial charge in [-0.25, -0.2) is 22.4 Å². The molecule has 0 atom stereocenters. The molecule has 136 valence electrons. The number of carbonyl (C=O) groups excluding carboxylic acids is 2. The standard InChI is InChI=1S/C16H15F4NO4/c1-2-25-16(24)10(6-21(7-22)8-3-4-8)15(23)9-5-11(17)13(19)14(20)12(9)18/h5-6,8,22H,2-4,7H2,1H3. The summed E-state index contributed by atoms with van der Waals surface area (Å²) in [5.41, 5.74) is -1.88. The van der Waals surface area contributed by atoms with Gasteiger partial charge in [0.15, 0.2) is 23.3 Å². The van der Waals surface area contributed by atoms with Gasteiger partial charge in [0, 0.05) is 12.2 Å². The van der Waals surface area contributed by atoms with Crippen molar-refractivity contribution in [2.24, 2.45) is 0 Å². The van der Waals surface area contributed by atoms with Gasteiger partial charge in [-0.2, -0.15) is 0 Å². The molecule has 0 radical (unpaired) electrons. The number of hydrogen-bond acceptors (Lipinski definition) is 5. The van der Waals surface area contributed by atoms with Gasteiger partial charge < -0.3 is 14.7 Å². The maximum atomic E-state index is 13.8. The van der Waals surface area contributed by atoms with E-state index in [1.165, 1.54) is 11.8 Å². The Bertz CT molecular complexity index is 731. The van der Waals surface area contributed by atoms with Crippen LogP contribution >= 0.6 is 0 Å². The molecule has 0 aromatic heterocycles. The number of nitrogens with zero attached hydrogens (tertiary/aromatic N) is 1. The number of rotatable bonds is 7. The van der Waals surface area contributed by atoms with E-state index >= 15 is 0 Å². The molecule has 25 heavy (non-hydrogen) atoms. The molecule has 1 aliphatic rings. The highest BCUT2D eigenvalue weighted by Crippen LogP contribution is 2.28. The van der Waals surface area contributed by atoms with Crippen molar-refractivity contribution in [3.63, 3.8) is 0 Å². The van der Waals surface area contributed by atoms with Gasteiger partial charge in [0.2, 0.25) is 5.78 Å². The van der Waals surface area contributed by atoms with Crippen molar-refractivity contribution in [1.82, 2.24) is 4.90 Å². The van der Waals surface area contributed by atoms with Gasteiger partial charge >= 0.3 is 5.97 Å². The lowest BCUT2D eigenvalue weighted by Gasteiger charge is -2.18. The van der Waals surface area contributed by atoms with Crippen LogP contribution in [-0.2, 0) is 9.53 Å². The number of esters is 1. The number of benzene rings is 1. The van der Waals surface area contributed by atoms with Gasteiger partial charge in [-0.15, -0.1) is 0 Å². The third kappa shape index (κ3) is 3.98. The second-order valence-corrected chi connectivity index (χ2v) is 5.33. The minimum atomic E-state index is -2.16. The third-order valence-electron chi connectivity index (χ3n) is 3.56. The molecular formula is C16H15F4NO4. The molecule has 1 fully saturated rings. The molecule has 1 aromatic rings. The van der Waals surface area contributed by atoms with E-state index in [1.54, 1.807) is 0 Å². The van der Waals surface area contributed by atoms with E-state index in [9.17, 15) is 32.3 Å². The summed E-state index contributed by atoms with van der Waals surface area (Å²) in [4.78, 5) is 25.7. The molecule has 9 heteroatoms. The number of ether oxygens (including phenoxy) is 1. The molecule has 0 unspecified atom stereocenters. The van der Waals surface area contributed by atoms with Crippen molar-refractivity contribution in [3.8, 4) is 0 Å². The first-order chi connectivity index (χ1) is 11.8. The van der Waals surface area contributed by atoms with Crippen LogP contribution < -0.4 is 0 Å². The molecule has 1 aliphatic carbocycles. The maximum absolute atomic E-state index is 13.8. The summed E-state index contributed by atoms with van der Waals surface area (Å²) in [6, 6.07) is 0.0533. The van der Waals surface area contributed by atoms with Crippen LogP contribution in [-0.4, -0.2) is 41.1 Å². The van der Waals surface area contributed by atoms with Gasteiger partial charge in [-0.3, -0.25) is 4.79 Å². The summed E-state index contributed by atoms with van der Waals surface area (Å²) in [6.07, 6.45) is 2.36. The van der Waals surface area contributed by atoms with E-state index in [2.05, 4.69) is 0 Å². The average Bonchev–Trinajstić information content (AvgIpc) is 3.41. The van der Waals surface area contributed by atoms with Gasteiger partial charge in [-0.1, -0.05) is 0 Å². The fraction of sp³-hybridized carbons (Fsp3) is 0.375. The first kappa shape index (κ1) is 18.9. The van der Waals surface area contributed by atoms with Gasteiger partial charge in [0.1, 0.15) is 12.3 Å². The predicted octanol–water partition coefficient (Wildman–Crippen LogP) is 2.29. The zero-order chi connectivity index (χ0) is 18.7. The Kier molecular flexibility index (Phi) is 5.78. The average molecular weight is 361 g/mol. The Morgan fingerprint density at radius 2 is 1.88 bits per heavy atom. The smallest absolute Gasteiger partial charge is 0.343 e. The Labute approximate surface area is 140 Å². The van der Waals surface area contributed by atoms with Crippen LogP contribution in [0.5, 0.6) is 0 Å². The molecule has 0 amide bonds. The zero-order valence-electron chi connectivity index (χ0n) is 13.2. The summed E-state index contributed by atoms with van der Waals surface area (Å²) >= 11 is 0. The van der Waals surface area contributed by atoms with Crippen molar-refractivity contribution >= 4 is 11.8 Å². The van der Waals surface area contributed by atoms with Crippen LogP contribution in [0.25, 0.3) is 0 Å². The molecule has 1 saturated carbocycles. The van der Waals surface area contributed by atoms with Crippen molar-refractivity contribution in [3.05, 3.63) is 46.7 Å². The Morgan fingerprint density at radius 3 is 2.40 bits per heavy atom. The first-order valence-corrected chi connectivity index (χ1v) is 7.45. The Hall–Kier alpha value is -2.42. The maximum Gasteiger partial charge on any atom is 0.343 e. The van der Waals surface area contributed by atoms with Gasteiger partial charge in [-0.05, 0) is 25.8 Å². The Morgan fingerprint density at radius 1 is 1.24 bits per heavy atom. The summed E-state index contributed by atoms with van der Waals surface area (Å²) in [5, 5.41) is 9.30. The lowest BCUT2D eigenvalue weighted by molar-refractivity contribution is -0.138. The van der Waals surface area contributed by atoms with E-state index in [0.29, 0.717) is 12.8 Å². The van der Waals surface area contributed by atoms with E-state index < -0.39 is 52.9 Å². The predicted molar refractivity (Wildman–Crippen MR) is 77.3 cm³/mol. The topological polar surface area (TPSA) is 66.8 Å². The molecule has 5 nitrogen and oxygen atoms in total. The van der Waals surface area contributed by atoms with Crippen LogP contribution in [0.15, 0.2) is 17.8 Å². The second-order valence-electron chi connectivity index (χ2n) is 5.33. The fourth-order valence-corrected chi connectivity index (χ4v) is 2.13. The largest absolute Gasteiger partial charge is 0.462 e. The number of ketones is 1. The van der Waals surface area contributed by atoms with E-state index in [4.69, 9.17) is 4.74 Å². The SMILES string of the molecule is CCOC(=O)C(=CN(CO)C1CC1)C(=O)c1cc(F)c(F)c(F)c1F. The zero-order valence-corrected chi connectivity index (χ0v) is 13.2. The molecule has 1 N–H and O–H groups in total. The minimum Gasteiger partial charge on any atom is -0.462 e. The molecule has 0 heterocycles. The van der Waals surface area contributed by atoms with Crippen LogP contribution in [0, 0.1) is 23.3 Å². The molecule has 0 spiro atoms. The van der Waals surface area contributed by atoms with Crippen molar-refractivity contribution < 1.29 is 37.0 Å². The lowest BCUT2D eigenvalue weighted by atomic mass is 10.0. The molecule has 0 bridgehead atoms. The van der Waals surface area contributed by atoms with Gasteiger partial charge in [0.25, 0.3) is 0 Å². The Balaban J connectivity index is 2.49. The molecular weight excluding hydrogens is 346 g/mol. The van der Waals surface area contributed by atoms with Crippen molar-refractivity contribution in [2.45, 2.75) is 25.8 Å². The van der Waals surface area contributed by atoms with Crippen LogP contribution in [0.4, 0.5) is 17.6 Å². The van der Waals surface area contributed by atoms with Crippen LogP contribution in [0.1, 0.15) is 30.1 Å². The number of Topliss-reactive ketones (excluding diaryl/α,β-unsaturated/α-hetero) is 1. The van der Waals surface area contributed by atoms with Crippen LogP contribution in [0.3, 0.4) is 0 Å². The van der Waals surface area contributed by atoms with E-state index in [-0.39, 0.29) is 18.7 Å². The highest BCUT2D eigenvalue weighted by molar-refractivity contribution is 6.24. The quantitative estimate of drug-likeness (QED) is 0.0929. The normalized spacial score (nSPS) is 14.4. The van der Waals surface area contributed by atoms with E-state index in [1.807, 2.05) is 0 Å². The molecule has 1 aromatic carbocycles. The lowest BCUT2D eigenvalue weighted by Crippen LogP contribution is -2.26. The summed E-state index contributed by atoms with van der Waals surface area (Å²) in [5.74, 6) is -10.4. The number of aliphatic hydroxyl groups excluding tert-OH is 1. The number of aliphatic hydroxyl groups is 1. The van der Waals surface area contributed by atoms with E-state index in [0.717, 1.165) is 6.20 Å². The van der Waals surface area contributed by atoms with Gasteiger partial charge in [0.05, 0.1) is 12.2 Å². The number of hydrogen-bond donors (Lipinski definition) is 1. The highest BCUT2D eigenvalue weighted by Gasteiger charge is 2.32. The number of carbonyl (C=O) groups is 2. The van der Waals surface area contributed by atoms with Crippen molar-refractivity contribution in [2.75, 3.05) is 13.3 Å². The van der Waals surface area contributed by atoms with Crippen LogP contribution in [0.2, 0.25) is 0 Å². The molecule has 0 saturated heterocycles. The fourth-order valence-electron chi connectivity index (χ4n) is 2.13. The highest BCUT2D eigenvalue weighted by atomic mass is 19.2. The number of halogens is 4. The summed E-state index contributed by atoms with van der Waals surface area (Å²) in [6.45, 7) is 0.818. The third-order valence-corrected chi connectivity index (χ3v) is 3.56.